The summed E-state index contributed by atoms with van der Waals surface area (Å²) >= 11 is 0. The summed E-state index contributed by atoms with van der Waals surface area (Å²) in [6.07, 6.45) is -0.544. The van der Waals surface area contributed by atoms with Gasteiger partial charge >= 0.3 is 12.2 Å². The molecular formula is C39H44N8O6. The first-order chi connectivity index (χ1) is 25.6. The van der Waals surface area contributed by atoms with Crippen LogP contribution < -0.4 is 10.6 Å². The number of nitrogens with zero attached hydrogens (tertiary/aromatic N) is 4. The summed E-state index contributed by atoms with van der Waals surface area (Å²) in [4.78, 5) is 68.7. The molecule has 0 saturated carbocycles. The molecule has 0 aliphatic heterocycles. The first-order valence-corrected chi connectivity index (χ1v) is 17.6. The molecule has 14 nitrogen and oxygen atoms in total. The highest BCUT2D eigenvalue weighted by Crippen LogP contribution is 2.32. The van der Waals surface area contributed by atoms with E-state index in [-0.39, 0.29) is 43.9 Å². The zero-order chi connectivity index (χ0) is 37.6. The van der Waals surface area contributed by atoms with Crippen molar-refractivity contribution in [3.05, 3.63) is 72.3 Å². The molecule has 4 N–H and O–H groups in total. The van der Waals surface area contributed by atoms with Gasteiger partial charge in [-0.15, -0.1) is 0 Å². The minimum atomic E-state index is -0.653. The fourth-order valence-electron chi connectivity index (χ4n) is 6.50. The van der Waals surface area contributed by atoms with Crippen LogP contribution in [0, 0.1) is 5.92 Å². The number of ether oxygens (including phenoxy) is 2. The Morgan fingerprint density at radius 3 is 1.62 bits per heavy atom. The highest BCUT2D eigenvalue weighted by atomic mass is 16.5. The molecule has 276 valence electrons. The van der Waals surface area contributed by atoms with Gasteiger partial charge in [-0.1, -0.05) is 57.2 Å². The largest absolute Gasteiger partial charge is 0.453 e. The Morgan fingerprint density at radius 1 is 0.698 bits per heavy atom. The molecule has 0 saturated heterocycles. The molecule has 0 fully saturated rings. The Hall–Kier alpha value is -6.18. The molecule has 6 rings (SSSR count). The Labute approximate surface area is 306 Å². The van der Waals surface area contributed by atoms with Crippen molar-refractivity contribution in [3.63, 3.8) is 0 Å². The van der Waals surface area contributed by atoms with Crippen molar-refractivity contribution in [2.75, 3.05) is 40.4 Å². The van der Waals surface area contributed by atoms with E-state index in [1.165, 1.54) is 14.2 Å². The van der Waals surface area contributed by atoms with Gasteiger partial charge in [0.05, 0.1) is 49.4 Å². The normalized spacial score (nSPS) is 11.4. The predicted molar refractivity (Wildman–Crippen MR) is 203 cm³/mol. The van der Waals surface area contributed by atoms with Gasteiger partial charge in [0.1, 0.15) is 24.7 Å². The van der Waals surface area contributed by atoms with E-state index in [2.05, 4.69) is 78.6 Å². The maximum atomic E-state index is 13.0. The molecule has 14 heteroatoms. The van der Waals surface area contributed by atoms with E-state index in [0.29, 0.717) is 24.7 Å². The first-order valence-electron chi connectivity index (χ1n) is 17.6. The second kappa shape index (κ2) is 16.0. The van der Waals surface area contributed by atoms with Gasteiger partial charge in [-0.2, -0.15) is 0 Å². The lowest BCUT2D eigenvalue weighted by Crippen LogP contribution is -2.41. The van der Waals surface area contributed by atoms with Crippen molar-refractivity contribution in [3.8, 4) is 11.1 Å². The van der Waals surface area contributed by atoms with Crippen molar-refractivity contribution < 1.29 is 28.7 Å². The van der Waals surface area contributed by atoms with Gasteiger partial charge in [0.2, 0.25) is 11.8 Å². The molecule has 0 radical (unpaired) electrons. The van der Waals surface area contributed by atoms with Crippen molar-refractivity contribution in [1.82, 2.24) is 40.4 Å². The van der Waals surface area contributed by atoms with Crippen LogP contribution in [0.15, 0.2) is 60.7 Å². The highest BCUT2D eigenvalue weighted by molar-refractivity contribution is 6.07. The molecule has 4 amide bonds. The molecule has 0 atom stereocenters. The number of hydrogen-bond acceptors (Lipinski definition) is 8. The SMILES string of the molecule is CCCN(Cc1nc2c(ccc3cc(-c4ccc5c(ccc6[nH]c(CN(CC(C)C)C(=O)CNC(=O)OC)nc65)c4)ccc32)[nH]1)C(=O)CNC(=O)OC. The topological polar surface area (TPSA) is 175 Å². The molecule has 2 aromatic heterocycles. The number of carbonyl (C=O) groups excluding carboxylic acids is 4. The van der Waals surface area contributed by atoms with Gasteiger partial charge in [0.25, 0.3) is 0 Å². The number of H-pyrrole nitrogens is 2. The number of rotatable bonds is 13. The predicted octanol–water partition coefficient (Wildman–Crippen LogP) is 5.85. The van der Waals surface area contributed by atoms with E-state index >= 15 is 0 Å². The summed E-state index contributed by atoms with van der Waals surface area (Å²) in [7, 11) is 2.52. The molecular weight excluding hydrogens is 676 g/mol. The second-order valence-corrected chi connectivity index (χ2v) is 13.3. The number of carbonyl (C=O) groups is 4. The van der Waals surface area contributed by atoms with Crippen LogP contribution >= 0.6 is 0 Å². The Kier molecular flexibility index (Phi) is 11.1. The summed E-state index contributed by atoms with van der Waals surface area (Å²) in [5.41, 5.74) is 5.50. The maximum absolute atomic E-state index is 13.0. The first kappa shape index (κ1) is 36.6. The van der Waals surface area contributed by atoms with Gasteiger partial charge in [-0.05, 0) is 58.5 Å². The average molecular weight is 721 g/mol. The summed E-state index contributed by atoms with van der Waals surface area (Å²) in [5, 5.41) is 8.97. The minimum absolute atomic E-state index is 0.153. The average Bonchev–Trinajstić information content (AvgIpc) is 3.78. The third kappa shape index (κ3) is 8.32. The number of hydrogen-bond donors (Lipinski definition) is 4. The summed E-state index contributed by atoms with van der Waals surface area (Å²) in [5.74, 6) is 1.10. The fourth-order valence-corrected chi connectivity index (χ4v) is 6.50. The van der Waals surface area contributed by atoms with Gasteiger partial charge in [0, 0.05) is 23.9 Å². The fraction of sp³-hybridized carbons (Fsp3) is 0.333. The zero-order valence-corrected chi connectivity index (χ0v) is 30.5. The Bertz CT molecular complexity index is 2310. The zero-order valence-electron chi connectivity index (χ0n) is 30.5. The minimum Gasteiger partial charge on any atom is -0.453 e. The Morgan fingerprint density at radius 2 is 1.17 bits per heavy atom. The van der Waals surface area contributed by atoms with Gasteiger partial charge in [0.15, 0.2) is 0 Å². The van der Waals surface area contributed by atoms with E-state index in [4.69, 9.17) is 9.97 Å². The number of aromatic amines is 2. The lowest BCUT2D eigenvalue weighted by molar-refractivity contribution is -0.131. The number of amides is 4. The van der Waals surface area contributed by atoms with Crippen LogP contribution in [0.1, 0.15) is 38.8 Å². The van der Waals surface area contributed by atoms with Crippen molar-refractivity contribution in [1.29, 1.82) is 0 Å². The molecule has 6 aromatic rings. The third-order valence-electron chi connectivity index (χ3n) is 8.97. The van der Waals surface area contributed by atoms with E-state index in [1.54, 1.807) is 9.80 Å². The monoisotopic (exact) mass is 720 g/mol. The van der Waals surface area contributed by atoms with Crippen LogP contribution in [0.4, 0.5) is 9.59 Å². The van der Waals surface area contributed by atoms with E-state index in [9.17, 15) is 19.2 Å². The smallest absolute Gasteiger partial charge is 0.407 e. The summed E-state index contributed by atoms with van der Waals surface area (Å²) < 4.78 is 9.19. The number of imidazole rings is 2. The number of benzene rings is 4. The number of fused-ring (bicyclic) bond motifs is 6. The molecule has 0 spiro atoms. The molecule has 0 bridgehead atoms. The van der Waals surface area contributed by atoms with Crippen LogP contribution in [0.2, 0.25) is 0 Å². The van der Waals surface area contributed by atoms with Crippen molar-refractivity contribution in [2.45, 2.75) is 40.3 Å². The van der Waals surface area contributed by atoms with Crippen LogP contribution in [-0.2, 0) is 32.2 Å². The lowest BCUT2D eigenvalue weighted by Gasteiger charge is -2.23. The maximum Gasteiger partial charge on any atom is 0.407 e. The molecule has 0 aliphatic rings. The Balaban J connectivity index is 1.22. The van der Waals surface area contributed by atoms with E-state index < -0.39 is 12.2 Å². The number of alkyl carbamates (subject to hydrolysis) is 2. The molecule has 2 heterocycles. The van der Waals surface area contributed by atoms with E-state index in [0.717, 1.165) is 61.2 Å². The molecule has 4 aromatic carbocycles. The van der Waals surface area contributed by atoms with Crippen LogP contribution in [-0.4, -0.2) is 94.1 Å². The number of nitrogens with one attached hydrogen (secondary N) is 4. The number of aromatic nitrogens is 4. The van der Waals surface area contributed by atoms with Gasteiger partial charge in [-0.3, -0.25) is 9.59 Å². The molecule has 0 unspecified atom stereocenters. The molecule has 0 aliphatic carbocycles. The van der Waals surface area contributed by atoms with Crippen LogP contribution in [0.5, 0.6) is 0 Å². The lowest BCUT2D eigenvalue weighted by atomic mass is 9.98. The van der Waals surface area contributed by atoms with Gasteiger partial charge < -0.3 is 39.9 Å². The van der Waals surface area contributed by atoms with Crippen LogP contribution in [0.25, 0.3) is 54.7 Å². The third-order valence-corrected chi connectivity index (χ3v) is 8.97. The standard InChI is InChI=1S/C39H44N8O6/c1-6-15-46(34(48)18-40-38(50)52-4)21-32-42-30-13-9-26-16-24(7-11-28(26)36(30)44-32)25-8-12-29-27(17-25)10-14-31-37(29)45-33(43-31)22-47(20-23(2)3)35(49)19-41-39(51)53-5/h7-14,16-17,23H,6,15,18-22H2,1-5H3,(H,40,50)(H,41,51)(H,42,44)(H,43,45). The quantitative estimate of drug-likeness (QED) is 0.115. The van der Waals surface area contributed by atoms with E-state index in [1.807, 2.05) is 32.9 Å². The van der Waals surface area contributed by atoms with Crippen molar-refractivity contribution in [2.24, 2.45) is 5.92 Å². The van der Waals surface area contributed by atoms with Crippen molar-refractivity contribution >= 4 is 67.6 Å². The summed E-state index contributed by atoms with van der Waals surface area (Å²) in [6.45, 7) is 7.34. The summed E-state index contributed by atoms with van der Waals surface area (Å²) in [6, 6.07) is 20.8. The highest BCUT2D eigenvalue weighted by Gasteiger charge is 2.20. The van der Waals surface area contributed by atoms with Gasteiger partial charge in [-0.25, -0.2) is 19.6 Å². The second-order valence-electron chi connectivity index (χ2n) is 13.3. The molecule has 53 heavy (non-hydrogen) atoms. The van der Waals surface area contributed by atoms with Crippen LogP contribution in [0.3, 0.4) is 0 Å². The number of methoxy groups -OCH3 is 2.